The molecule has 1 saturated heterocycles. The summed E-state index contributed by atoms with van der Waals surface area (Å²) in [5, 5.41) is 10.7. The highest BCUT2D eigenvalue weighted by molar-refractivity contribution is 5.92. The van der Waals surface area contributed by atoms with Crippen LogP contribution in [0.2, 0.25) is 0 Å². The van der Waals surface area contributed by atoms with E-state index in [1.54, 1.807) is 17.0 Å². The van der Waals surface area contributed by atoms with Gasteiger partial charge in [-0.3, -0.25) is 19.9 Å². The van der Waals surface area contributed by atoms with Crippen LogP contribution in [0.25, 0.3) is 0 Å². The average Bonchev–Trinajstić information content (AvgIpc) is 2.62. The lowest BCUT2D eigenvalue weighted by Crippen LogP contribution is -2.49. The Kier molecular flexibility index (Phi) is 4.13. The lowest BCUT2D eigenvalue weighted by Gasteiger charge is -2.35. The van der Waals surface area contributed by atoms with Gasteiger partial charge >= 0.3 is 0 Å². The molecular weight excluding hydrogens is 298 g/mol. The van der Waals surface area contributed by atoms with Gasteiger partial charge in [0.2, 0.25) is 0 Å². The van der Waals surface area contributed by atoms with Gasteiger partial charge in [0, 0.05) is 56.4 Å². The Balaban J connectivity index is 1.62. The number of carbonyl (C=O) groups excluding carboxylic acids is 1. The highest BCUT2D eigenvalue weighted by Gasteiger charge is 2.23. The Bertz CT molecular complexity index is 697. The number of nitro benzene ring substituents is 1. The Labute approximate surface area is 132 Å². The number of carbonyl (C=O) groups is 1. The number of non-ortho nitro benzene ring substituents is 1. The number of hydrogen-bond acceptors (Lipinski definition) is 6. The zero-order chi connectivity index (χ0) is 16.2. The van der Waals surface area contributed by atoms with Crippen LogP contribution < -0.4 is 4.90 Å². The molecule has 0 N–H and O–H groups in total. The quantitative estimate of drug-likeness (QED) is 0.627. The molecule has 8 heteroatoms. The number of aromatic nitrogens is 2. The Morgan fingerprint density at radius 3 is 2.35 bits per heavy atom. The van der Waals surface area contributed by atoms with E-state index >= 15 is 0 Å². The van der Waals surface area contributed by atoms with Crippen LogP contribution in [0, 0.1) is 10.1 Å². The fourth-order valence-electron chi connectivity index (χ4n) is 2.52. The second-order valence-corrected chi connectivity index (χ2v) is 5.14. The minimum atomic E-state index is -0.415. The van der Waals surface area contributed by atoms with Gasteiger partial charge in [0.05, 0.1) is 11.1 Å². The van der Waals surface area contributed by atoms with E-state index in [-0.39, 0.29) is 11.6 Å². The summed E-state index contributed by atoms with van der Waals surface area (Å²) >= 11 is 0. The Morgan fingerprint density at radius 1 is 1.09 bits per heavy atom. The predicted octanol–water partition coefficient (Wildman–Crippen LogP) is 1.35. The van der Waals surface area contributed by atoms with Gasteiger partial charge in [0.1, 0.15) is 5.69 Å². The first-order valence-corrected chi connectivity index (χ1v) is 7.20. The number of nitrogens with zero attached hydrogens (tertiary/aromatic N) is 5. The molecule has 23 heavy (non-hydrogen) atoms. The Morgan fingerprint density at radius 2 is 1.78 bits per heavy atom. The van der Waals surface area contributed by atoms with Crippen molar-refractivity contribution in [3.63, 3.8) is 0 Å². The van der Waals surface area contributed by atoms with Gasteiger partial charge in [-0.25, -0.2) is 4.98 Å². The minimum absolute atomic E-state index is 0.0743. The second kappa shape index (κ2) is 6.39. The smallest absolute Gasteiger partial charge is 0.274 e. The predicted molar refractivity (Wildman–Crippen MR) is 83.2 cm³/mol. The van der Waals surface area contributed by atoms with E-state index in [9.17, 15) is 14.9 Å². The molecule has 1 fully saturated rings. The molecule has 0 aliphatic carbocycles. The fourth-order valence-corrected chi connectivity index (χ4v) is 2.52. The standard InChI is InChI=1S/C15H15N5O3/c21-15(14-11-16-5-6-17-14)19-9-7-18(8-10-19)12-1-3-13(4-2-12)20(22)23/h1-6,11H,7-10H2. The largest absolute Gasteiger partial charge is 0.368 e. The molecule has 0 atom stereocenters. The summed E-state index contributed by atoms with van der Waals surface area (Å²) in [4.78, 5) is 34.3. The summed E-state index contributed by atoms with van der Waals surface area (Å²) in [6.45, 7) is 2.49. The first kappa shape index (κ1) is 14.9. The molecule has 2 heterocycles. The summed E-state index contributed by atoms with van der Waals surface area (Å²) in [6.07, 6.45) is 4.49. The van der Waals surface area contributed by atoms with Gasteiger partial charge in [-0.05, 0) is 12.1 Å². The molecular formula is C15H15N5O3. The van der Waals surface area contributed by atoms with E-state index in [1.165, 1.54) is 30.7 Å². The van der Waals surface area contributed by atoms with Crippen LogP contribution in [0.3, 0.4) is 0 Å². The summed E-state index contributed by atoms with van der Waals surface area (Å²) in [5.74, 6) is -0.124. The summed E-state index contributed by atoms with van der Waals surface area (Å²) in [6, 6.07) is 6.45. The molecule has 8 nitrogen and oxygen atoms in total. The third-order valence-electron chi connectivity index (χ3n) is 3.77. The maximum atomic E-state index is 12.3. The van der Waals surface area contributed by atoms with Crippen molar-refractivity contribution in [3.05, 3.63) is 58.7 Å². The first-order valence-electron chi connectivity index (χ1n) is 7.20. The highest BCUT2D eigenvalue weighted by atomic mass is 16.6. The monoisotopic (exact) mass is 313 g/mol. The van der Waals surface area contributed by atoms with Crippen molar-refractivity contribution in [1.29, 1.82) is 0 Å². The SMILES string of the molecule is O=C(c1cnccn1)N1CCN(c2ccc([N+](=O)[O-])cc2)CC1. The van der Waals surface area contributed by atoms with Crippen LogP contribution in [0.4, 0.5) is 11.4 Å². The number of anilines is 1. The molecule has 1 aromatic carbocycles. The number of rotatable bonds is 3. The molecule has 0 spiro atoms. The summed E-state index contributed by atoms with van der Waals surface area (Å²) < 4.78 is 0. The molecule has 2 aromatic rings. The molecule has 0 unspecified atom stereocenters. The van der Waals surface area contributed by atoms with E-state index < -0.39 is 4.92 Å². The Hall–Kier alpha value is -3.03. The number of piperazine rings is 1. The average molecular weight is 313 g/mol. The van der Waals surface area contributed by atoms with Crippen molar-refractivity contribution >= 4 is 17.3 Å². The van der Waals surface area contributed by atoms with Crippen LogP contribution in [-0.4, -0.2) is 51.9 Å². The molecule has 0 bridgehead atoms. The van der Waals surface area contributed by atoms with Gasteiger partial charge in [0.15, 0.2) is 0 Å². The third-order valence-corrected chi connectivity index (χ3v) is 3.77. The van der Waals surface area contributed by atoms with Gasteiger partial charge in [0.25, 0.3) is 11.6 Å². The van der Waals surface area contributed by atoms with E-state index in [2.05, 4.69) is 14.9 Å². The van der Waals surface area contributed by atoms with Crippen molar-refractivity contribution in [2.75, 3.05) is 31.1 Å². The molecule has 0 radical (unpaired) electrons. The summed E-state index contributed by atoms with van der Waals surface area (Å²) in [5.41, 5.74) is 1.34. The molecule has 1 amide bonds. The van der Waals surface area contributed by atoms with E-state index in [0.29, 0.717) is 31.9 Å². The lowest BCUT2D eigenvalue weighted by molar-refractivity contribution is -0.384. The van der Waals surface area contributed by atoms with Crippen LogP contribution in [0.5, 0.6) is 0 Å². The van der Waals surface area contributed by atoms with Gasteiger partial charge in [-0.1, -0.05) is 0 Å². The minimum Gasteiger partial charge on any atom is -0.368 e. The van der Waals surface area contributed by atoms with Crippen LogP contribution >= 0.6 is 0 Å². The van der Waals surface area contributed by atoms with Gasteiger partial charge in [-0.15, -0.1) is 0 Å². The topological polar surface area (TPSA) is 92.5 Å². The van der Waals surface area contributed by atoms with Crippen LogP contribution in [0.1, 0.15) is 10.5 Å². The van der Waals surface area contributed by atoms with Gasteiger partial charge in [-0.2, -0.15) is 0 Å². The maximum absolute atomic E-state index is 12.3. The van der Waals surface area contributed by atoms with Crippen molar-refractivity contribution in [3.8, 4) is 0 Å². The van der Waals surface area contributed by atoms with Crippen molar-refractivity contribution in [2.24, 2.45) is 0 Å². The van der Waals surface area contributed by atoms with E-state index in [4.69, 9.17) is 0 Å². The van der Waals surface area contributed by atoms with E-state index in [1.807, 2.05) is 0 Å². The third kappa shape index (κ3) is 3.25. The normalized spacial score (nSPS) is 14.6. The number of amides is 1. The van der Waals surface area contributed by atoms with Crippen LogP contribution in [0.15, 0.2) is 42.9 Å². The van der Waals surface area contributed by atoms with E-state index in [0.717, 1.165) is 5.69 Å². The molecule has 1 aliphatic rings. The molecule has 3 rings (SSSR count). The van der Waals surface area contributed by atoms with Crippen molar-refractivity contribution < 1.29 is 9.72 Å². The summed E-state index contributed by atoms with van der Waals surface area (Å²) in [7, 11) is 0. The number of benzene rings is 1. The van der Waals surface area contributed by atoms with Crippen molar-refractivity contribution in [1.82, 2.24) is 14.9 Å². The number of hydrogen-bond donors (Lipinski definition) is 0. The molecule has 0 saturated carbocycles. The lowest BCUT2D eigenvalue weighted by atomic mass is 10.2. The highest BCUT2D eigenvalue weighted by Crippen LogP contribution is 2.20. The number of nitro groups is 1. The maximum Gasteiger partial charge on any atom is 0.274 e. The zero-order valence-electron chi connectivity index (χ0n) is 12.3. The van der Waals surface area contributed by atoms with Crippen molar-refractivity contribution in [2.45, 2.75) is 0 Å². The molecule has 1 aromatic heterocycles. The first-order chi connectivity index (χ1) is 11.1. The fraction of sp³-hybridized carbons (Fsp3) is 0.267. The van der Waals surface area contributed by atoms with Crippen LogP contribution in [-0.2, 0) is 0 Å². The second-order valence-electron chi connectivity index (χ2n) is 5.14. The van der Waals surface area contributed by atoms with Gasteiger partial charge < -0.3 is 9.80 Å². The zero-order valence-corrected chi connectivity index (χ0v) is 12.3. The molecule has 118 valence electrons. The molecule has 1 aliphatic heterocycles.